The quantitative estimate of drug-likeness (QED) is 0.632. The summed E-state index contributed by atoms with van der Waals surface area (Å²) in [5, 5.41) is 0.997. The monoisotopic (exact) mass is 239 g/mol. The molecule has 3 nitrogen and oxygen atoms in total. The van der Waals surface area contributed by atoms with Crippen LogP contribution in [0.3, 0.4) is 0 Å². The summed E-state index contributed by atoms with van der Waals surface area (Å²) in [7, 11) is 0. The van der Waals surface area contributed by atoms with Gasteiger partial charge in [-0.2, -0.15) is 0 Å². The summed E-state index contributed by atoms with van der Waals surface area (Å²) in [5.74, 6) is 3.56. The van der Waals surface area contributed by atoms with Gasteiger partial charge < -0.3 is 5.73 Å². The zero-order valence-electron chi connectivity index (χ0n) is 10.5. The van der Waals surface area contributed by atoms with Gasteiger partial charge in [0.25, 0.3) is 0 Å². The minimum absolute atomic E-state index is 0.327. The molecule has 4 heteroatoms. The van der Waals surface area contributed by atoms with Crippen LogP contribution in [-0.2, 0) is 0 Å². The van der Waals surface area contributed by atoms with Crippen molar-refractivity contribution < 1.29 is 0 Å². The molecule has 0 unspecified atom stereocenters. The van der Waals surface area contributed by atoms with Crippen molar-refractivity contribution in [3.8, 4) is 0 Å². The van der Waals surface area contributed by atoms with Gasteiger partial charge in [0.05, 0.1) is 0 Å². The molecule has 2 N–H and O–H groups in total. The lowest BCUT2D eigenvalue weighted by atomic mass is 10.2. The number of rotatable bonds is 5. The predicted molar refractivity (Wildman–Crippen MR) is 70.7 cm³/mol. The van der Waals surface area contributed by atoms with Gasteiger partial charge in [0.1, 0.15) is 16.7 Å². The van der Waals surface area contributed by atoms with E-state index in [9.17, 15) is 0 Å². The lowest BCUT2D eigenvalue weighted by Gasteiger charge is -2.08. The van der Waals surface area contributed by atoms with Crippen LogP contribution >= 0.6 is 11.8 Å². The molecule has 0 radical (unpaired) electrons. The highest BCUT2D eigenvalue weighted by atomic mass is 32.2. The highest BCUT2D eigenvalue weighted by Crippen LogP contribution is 2.22. The van der Waals surface area contributed by atoms with E-state index >= 15 is 0 Å². The van der Waals surface area contributed by atoms with Crippen molar-refractivity contribution in [1.82, 2.24) is 9.97 Å². The Balaban J connectivity index is 2.65. The van der Waals surface area contributed by atoms with E-state index in [0.717, 1.165) is 22.5 Å². The summed E-state index contributed by atoms with van der Waals surface area (Å²) in [4.78, 5) is 8.73. The number of hydrogen-bond acceptors (Lipinski definition) is 4. The van der Waals surface area contributed by atoms with Gasteiger partial charge in [-0.05, 0) is 18.1 Å². The molecule has 0 spiro atoms. The molecular formula is C12H21N3S. The van der Waals surface area contributed by atoms with Crippen LogP contribution in [0.15, 0.2) is 11.1 Å². The molecule has 1 heterocycles. The molecule has 0 saturated heterocycles. The smallest absolute Gasteiger partial charge is 0.134 e. The maximum atomic E-state index is 5.76. The SMILES string of the molecule is CC(C)CCSc1cc(N)nc(C(C)C)n1. The number of nitrogens with zero attached hydrogens (tertiary/aromatic N) is 2. The molecule has 0 aromatic carbocycles. The summed E-state index contributed by atoms with van der Waals surface area (Å²) in [6.45, 7) is 8.62. The largest absolute Gasteiger partial charge is 0.384 e. The van der Waals surface area contributed by atoms with Crippen LogP contribution in [0.4, 0.5) is 5.82 Å². The number of nitrogen functional groups attached to an aromatic ring is 1. The third kappa shape index (κ3) is 4.39. The van der Waals surface area contributed by atoms with Crippen LogP contribution in [0.5, 0.6) is 0 Å². The number of nitrogens with two attached hydrogens (primary N) is 1. The van der Waals surface area contributed by atoms with Gasteiger partial charge in [-0.15, -0.1) is 11.8 Å². The van der Waals surface area contributed by atoms with Crippen molar-refractivity contribution in [2.75, 3.05) is 11.5 Å². The van der Waals surface area contributed by atoms with Crippen molar-refractivity contribution in [2.24, 2.45) is 5.92 Å². The summed E-state index contributed by atoms with van der Waals surface area (Å²) in [5.41, 5.74) is 5.76. The lowest BCUT2D eigenvalue weighted by molar-refractivity contribution is 0.631. The first-order valence-corrected chi connectivity index (χ1v) is 6.75. The Bertz CT molecular complexity index is 337. The van der Waals surface area contributed by atoms with Crippen molar-refractivity contribution in [1.29, 1.82) is 0 Å². The van der Waals surface area contributed by atoms with E-state index in [1.807, 2.05) is 6.07 Å². The Labute approximate surface area is 102 Å². The van der Waals surface area contributed by atoms with Crippen LogP contribution in [0.1, 0.15) is 45.9 Å². The first-order valence-electron chi connectivity index (χ1n) is 5.76. The average Bonchev–Trinajstić information content (AvgIpc) is 2.16. The van der Waals surface area contributed by atoms with Gasteiger partial charge in [-0.25, -0.2) is 9.97 Å². The third-order valence-corrected chi connectivity index (χ3v) is 3.15. The summed E-state index contributed by atoms with van der Waals surface area (Å²) >= 11 is 1.76. The van der Waals surface area contributed by atoms with Crippen LogP contribution in [0, 0.1) is 5.92 Å². The number of thioether (sulfide) groups is 1. The lowest BCUT2D eigenvalue weighted by Crippen LogP contribution is -2.02. The number of aromatic nitrogens is 2. The van der Waals surface area contributed by atoms with E-state index in [1.165, 1.54) is 6.42 Å². The number of anilines is 1. The molecule has 1 rings (SSSR count). The van der Waals surface area contributed by atoms with Crippen molar-refractivity contribution in [2.45, 2.75) is 45.1 Å². The fraction of sp³-hybridized carbons (Fsp3) is 0.667. The maximum Gasteiger partial charge on any atom is 0.134 e. The molecule has 16 heavy (non-hydrogen) atoms. The fourth-order valence-corrected chi connectivity index (χ4v) is 2.35. The van der Waals surface area contributed by atoms with E-state index in [1.54, 1.807) is 11.8 Å². The standard InChI is InChI=1S/C12H21N3S/c1-8(2)5-6-16-11-7-10(13)14-12(15-11)9(3)4/h7-9H,5-6H2,1-4H3,(H2,13,14,15). The van der Waals surface area contributed by atoms with E-state index < -0.39 is 0 Å². The summed E-state index contributed by atoms with van der Waals surface area (Å²) < 4.78 is 0. The van der Waals surface area contributed by atoms with Crippen LogP contribution in [0.2, 0.25) is 0 Å². The van der Waals surface area contributed by atoms with Crippen molar-refractivity contribution in [3.63, 3.8) is 0 Å². The fourth-order valence-electron chi connectivity index (χ4n) is 1.19. The number of hydrogen-bond donors (Lipinski definition) is 1. The molecule has 0 aliphatic heterocycles. The summed E-state index contributed by atoms with van der Waals surface area (Å²) in [6, 6.07) is 1.86. The van der Waals surface area contributed by atoms with Gasteiger partial charge in [0.15, 0.2) is 0 Å². The van der Waals surface area contributed by atoms with Gasteiger partial charge in [0.2, 0.25) is 0 Å². The molecule has 0 fully saturated rings. The molecule has 90 valence electrons. The molecule has 0 aliphatic rings. The zero-order valence-corrected chi connectivity index (χ0v) is 11.3. The molecule has 0 bridgehead atoms. The normalized spacial score (nSPS) is 11.4. The van der Waals surface area contributed by atoms with Crippen LogP contribution < -0.4 is 5.73 Å². The van der Waals surface area contributed by atoms with E-state index in [2.05, 4.69) is 37.7 Å². The molecule has 1 aromatic rings. The highest BCUT2D eigenvalue weighted by molar-refractivity contribution is 7.99. The second kappa shape index (κ2) is 6.09. The van der Waals surface area contributed by atoms with Gasteiger partial charge in [-0.1, -0.05) is 27.7 Å². The van der Waals surface area contributed by atoms with Gasteiger partial charge in [-0.3, -0.25) is 0 Å². The Morgan fingerprint density at radius 2 is 1.94 bits per heavy atom. The maximum absolute atomic E-state index is 5.76. The third-order valence-electron chi connectivity index (χ3n) is 2.20. The molecule has 0 aliphatic carbocycles. The molecule has 0 amide bonds. The zero-order chi connectivity index (χ0) is 12.1. The predicted octanol–water partition coefficient (Wildman–Crippen LogP) is 3.32. The van der Waals surface area contributed by atoms with E-state index in [-0.39, 0.29) is 0 Å². The van der Waals surface area contributed by atoms with Crippen LogP contribution in [-0.4, -0.2) is 15.7 Å². The molecule has 1 aromatic heterocycles. The Hall–Kier alpha value is -0.770. The summed E-state index contributed by atoms with van der Waals surface area (Å²) in [6.07, 6.45) is 1.20. The van der Waals surface area contributed by atoms with Gasteiger partial charge >= 0.3 is 0 Å². The first-order chi connectivity index (χ1) is 7.49. The molecule has 0 atom stereocenters. The Morgan fingerprint density at radius 1 is 1.25 bits per heavy atom. The van der Waals surface area contributed by atoms with E-state index in [4.69, 9.17) is 5.73 Å². The van der Waals surface area contributed by atoms with Gasteiger partial charge in [0, 0.05) is 12.0 Å². The molecule has 0 saturated carbocycles. The first kappa shape index (κ1) is 13.3. The average molecular weight is 239 g/mol. The second-order valence-electron chi connectivity index (χ2n) is 4.67. The second-order valence-corrected chi connectivity index (χ2v) is 5.79. The minimum Gasteiger partial charge on any atom is -0.384 e. The molecular weight excluding hydrogens is 218 g/mol. The van der Waals surface area contributed by atoms with E-state index in [0.29, 0.717) is 11.7 Å². The highest BCUT2D eigenvalue weighted by Gasteiger charge is 2.07. The van der Waals surface area contributed by atoms with Crippen LogP contribution in [0.25, 0.3) is 0 Å². The Kier molecular flexibility index (Phi) is 5.06. The van der Waals surface area contributed by atoms with Crippen molar-refractivity contribution in [3.05, 3.63) is 11.9 Å². The van der Waals surface area contributed by atoms with Crippen molar-refractivity contribution >= 4 is 17.6 Å². The minimum atomic E-state index is 0.327. The Morgan fingerprint density at radius 3 is 2.50 bits per heavy atom. The topological polar surface area (TPSA) is 51.8 Å².